The van der Waals surface area contributed by atoms with Crippen LogP contribution in [0.1, 0.15) is 13.3 Å². The van der Waals surface area contributed by atoms with Crippen LogP contribution in [0.4, 0.5) is 0 Å². The number of sulfone groups is 1. The third kappa shape index (κ3) is 6.71. The highest BCUT2D eigenvalue weighted by Gasteiger charge is 2.06. The highest BCUT2D eigenvalue weighted by molar-refractivity contribution is 8.13. The van der Waals surface area contributed by atoms with Crippen molar-refractivity contribution in [3.63, 3.8) is 0 Å². The van der Waals surface area contributed by atoms with Crippen molar-refractivity contribution >= 4 is 26.8 Å². The molecule has 0 aromatic rings. The van der Waals surface area contributed by atoms with Crippen LogP contribution in [-0.4, -0.2) is 30.8 Å². The Morgan fingerprint density at radius 2 is 2.15 bits per heavy atom. The van der Waals surface area contributed by atoms with Crippen molar-refractivity contribution in [3.05, 3.63) is 0 Å². The van der Waals surface area contributed by atoms with Gasteiger partial charge in [-0.1, -0.05) is 18.7 Å². The zero-order chi connectivity index (χ0) is 10.3. The molecule has 0 spiro atoms. The first-order valence-electron chi connectivity index (χ1n) is 3.88. The Balaban J connectivity index is 3.59. The minimum Gasteiger partial charge on any atom is -0.377 e. The van der Waals surface area contributed by atoms with Gasteiger partial charge in [-0.05, 0) is 6.42 Å². The summed E-state index contributed by atoms with van der Waals surface area (Å²) < 4.78 is 22.0. The average molecular weight is 225 g/mol. The fourth-order valence-electron chi connectivity index (χ4n) is 0.637. The summed E-state index contributed by atoms with van der Waals surface area (Å²) in [5, 5.41) is 3.54. The quantitative estimate of drug-likeness (QED) is 0.221. The van der Waals surface area contributed by atoms with Crippen LogP contribution in [0.25, 0.3) is 0 Å². The Bertz CT molecular complexity index is 261. The van der Waals surface area contributed by atoms with Crippen molar-refractivity contribution in [2.24, 2.45) is 16.7 Å². The number of thioether (sulfide) groups is 1. The van der Waals surface area contributed by atoms with E-state index in [1.807, 2.05) is 0 Å². The molecular weight excluding hydrogens is 210 g/mol. The number of nitrogens with two attached hydrogens (primary N) is 2. The Morgan fingerprint density at radius 1 is 1.54 bits per heavy atom. The fraction of sp³-hybridized carbons (Fsp3) is 0.833. The minimum atomic E-state index is -2.85. The second-order valence-electron chi connectivity index (χ2n) is 2.41. The standard InChI is InChI=1S/C6H15N3O2S2/c1-2-13(10,11)5-3-4-12-6(7)9-8/h2-5,8H2,1H3,(H2,7,9). The molecule has 0 saturated heterocycles. The molecule has 4 N–H and O–H groups in total. The summed E-state index contributed by atoms with van der Waals surface area (Å²) in [6.07, 6.45) is 0.580. The zero-order valence-electron chi connectivity index (χ0n) is 7.56. The molecule has 0 bridgehead atoms. The molecule has 78 valence electrons. The SMILES string of the molecule is CCS(=O)(=O)CCCSC(N)=NN. The summed E-state index contributed by atoms with van der Waals surface area (Å²) in [6.45, 7) is 1.64. The molecule has 0 aliphatic rings. The van der Waals surface area contributed by atoms with E-state index in [4.69, 9.17) is 11.6 Å². The van der Waals surface area contributed by atoms with Gasteiger partial charge >= 0.3 is 0 Å². The van der Waals surface area contributed by atoms with Crippen molar-refractivity contribution in [3.8, 4) is 0 Å². The smallest absolute Gasteiger partial charge is 0.177 e. The number of nitrogens with zero attached hydrogens (tertiary/aromatic N) is 1. The normalized spacial score (nSPS) is 13.2. The summed E-state index contributed by atoms with van der Waals surface area (Å²) in [7, 11) is -2.85. The van der Waals surface area contributed by atoms with Crippen LogP contribution in [0.5, 0.6) is 0 Å². The Kier molecular flexibility index (Phi) is 5.89. The summed E-state index contributed by atoms with van der Waals surface area (Å²) in [5.74, 6) is 5.92. The van der Waals surface area contributed by atoms with Gasteiger partial charge in [-0.25, -0.2) is 8.42 Å². The number of hydrazone groups is 1. The molecule has 0 aliphatic heterocycles. The van der Waals surface area contributed by atoms with Gasteiger partial charge in [-0.3, -0.25) is 0 Å². The minimum absolute atomic E-state index is 0.193. The number of hydrogen-bond acceptors (Lipinski definition) is 5. The van der Waals surface area contributed by atoms with E-state index in [-0.39, 0.29) is 16.7 Å². The van der Waals surface area contributed by atoms with Gasteiger partial charge in [-0.2, -0.15) is 5.10 Å². The fourth-order valence-corrected chi connectivity index (χ4v) is 2.27. The molecule has 5 nitrogen and oxygen atoms in total. The van der Waals surface area contributed by atoms with Crippen LogP contribution in [0.15, 0.2) is 5.10 Å². The van der Waals surface area contributed by atoms with E-state index >= 15 is 0 Å². The maximum atomic E-state index is 11.0. The third-order valence-electron chi connectivity index (χ3n) is 1.42. The first-order chi connectivity index (χ1) is 6.02. The molecule has 0 unspecified atom stereocenters. The maximum absolute atomic E-state index is 11.0. The summed E-state index contributed by atoms with van der Waals surface area (Å²) >= 11 is 1.27. The van der Waals surface area contributed by atoms with Crippen molar-refractivity contribution < 1.29 is 8.42 Å². The monoisotopic (exact) mass is 225 g/mol. The number of rotatable bonds is 5. The van der Waals surface area contributed by atoms with Crippen molar-refractivity contribution in [2.45, 2.75) is 13.3 Å². The Hall–Kier alpha value is -0.430. The number of hydrogen-bond donors (Lipinski definition) is 2. The second kappa shape index (κ2) is 6.09. The van der Waals surface area contributed by atoms with Gasteiger partial charge in [0.2, 0.25) is 0 Å². The summed E-state index contributed by atoms with van der Waals surface area (Å²) in [5.41, 5.74) is 5.29. The molecular formula is C6H15N3O2S2. The number of amidine groups is 1. The highest BCUT2D eigenvalue weighted by atomic mass is 32.2. The first kappa shape index (κ1) is 12.6. The van der Waals surface area contributed by atoms with E-state index in [1.165, 1.54) is 11.8 Å². The predicted molar refractivity (Wildman–Crippen MR) is 57.2 cm³/mol. The van der Waals surface area contributed by atoms with E-state index in [0.29, 0.717) is 12.2 Å². The lowest BCUT2D eigenvalue weighted by atomic mass is 10.6. The van der Waals surface area contributed by atoms with Gasteiger partial charge in [0.05, 0.1) is 5.75 Å². The molecule has 0 aromatic heterocycles. The van der Waals surface area contributed by atoms with Gasteiger partial charge in [0.1, 0.15) is 9.84 Å². The molecule has 0 rings (SSSR count). The summed E-state index contributed by atoms with van der Waals surface area (Å²) in [4.78, 5) is 0. The van der Waals surface area contributed by atoms with Crippen molar-refractivity contribution in [1.29, 1.82) is 0 Å². The second-order valence-corrected chi connectivity index (χ2v) is 5.99. The van der Waals surface area contributed by atoms with Crippen LogP contribution in [0.3, 0.4) is 0 Å². The van der Waals surface area contributed by atoms with E-state index < -0.39 is 9.84 Å². The van der Waals surface area contributed by atoms with Gasteiger partial charge < -0.3 is 11.6 Å². The van der Waals surface area contributed by atoms with Crippen molar-refractivity contribution in [2.75, 3.05) is 17.3 Å². The zero-order valence-corrected chi connectivity index (χ0v) is 9.20. The van der Waals surface area contributed by atoms with Crippen LogP contribution in [0.2, 0.25) is 0 Å². The van der Waals surface area contributed by atoms with Crippen LogP contribution < -0.4 is 11.6 Å². The molecule has 0 amide bonds. The van der Waals surface area contributed by atoms with Gasteiger partial charge in [0.15, 0.2) is 5.17 Å². The van der Waals surface area contributed by atoms with Crippen molar-refractivity contribution in [1.82, 2.24) is 0 Å². The van der Waals surface area contributed by atoms with Crippen LogP contribution in [0, 0.1) is 0 Å². The predicted octanol–water partition coefficient (Wildman–Crippen LogP) is -0.267. The van der Waals surface area contributed by atoms with Crippen LogP contribution >= 0.6 is 11.8 Å². The Labute approximate surface area is 82.9 Å². The molecule has 0 fully saturated rings. The largest absolute Gasteiger partial charge is 0.377 e. The molecule has 7 heteroatoms. The average Bonchev–Trinajstić information content (AvgIpc) is 2.12. The van der Waals surface area contributed by atoms with Crippen LogP contribution in [-0.2, 0) is 9.84 Å². The lowest BCUT2D eigenvalue weighted by Crippen LogP contribution is -2.12. The molecule has 13 heavy (non-hydrogen) atoms. The third-order valence-corrected chi connectivity index (χ3v) is 4.10. The molecule has 0 atom stereocenters. The molecule has 0 radical (unpaired) electrons. The Morgan fingerprint density at radius 3 is 2.62 bits per heavy atom. The molecule has 0 heterocycles. The van der Waals surface area contributed by atoms with Gasteiger partial charge in [0, 0.05) is 11.5 Å². The van der Waals surface area contributed by atoms with Gasteiger partial charge in [0.25, 0.3) is 0 Å². The first-order valence-corrected chi connectivity index (χ1v) is 6.69. The van der Waals surface area contributed by atoms with E-state index in [1.54, 1.807) is 6.92 Å². The van der Waals surface area contributed by atoms with E-state index in [2.05, 4.69) is 5.10 Å². The molecule has 0 aromatic carbocycles. The molecule has 0 aliphatic carbocycles. The van der Waals surface area contributed by atoms with Gasteiger partial charge in [-0.15, -0.1) is 0 Å². The topological polar surface area (TPSA) is 98.5 Å². The highest BCUT2D eigenvalue weighted by Crippen LogP contribution is 2.03. The van der Waals surface area contributed by atoms with E-state index in [0.717, 1.165) is 0 Å². The maximum Gasteiger partial charge on any atom is 0.177 e. The lowest BCUT2D eigenvalue weighted by Gasteiger charge is -2.00. The summed E-state index contributed by atoms with van der Waals surface area (Å²) in [6, 6.07) is 0. The molecule has 0 saturated carbocycles. The van der Waals surface area contributed by atoms with E-state index in [9.17, 15) is 8.42 Å². The lowest BCUT2D eigenvalue weighted by molar-refractivity contribution is 0.596.